The van der Waals surface area contributed by atoms with Crippen LogP contribution in [-0.4, -0.2) is 119 Å². The van der Waals surface area contributed by atoms with Crippen molar-refractivity contribution >= 4 is 35.6 Å². The summed E-state index contributed by atoms with van der Waals surface area (Å²) in [6.07, 6.45) is 3.68. The number of halogens is 1. The fraction of sp³-hybridized carbons (Fsp3) is 0.458. The lowest BCUT2D eigenvalue weighted by Crippen LogP contribution is -2.47. The van der Waals surface area contributed by atoms with Crippen LogP contribution in [0.3, 0.4) is 0 Å². The van der Waals surface area contributed by atoms with Crippen molar-refractivity contribution in [3.63, 3.8) is 0 Å². The summed E-state index contributed by atoms with van der Waals surface area (Å²) in [4.78, 5) is 94.1. The summed E-state index contributed by atoms with van der Waals surface area (Å²) in [5, 5.41) is 10.4. The van der Waals surface area contributed by atoms with Gasteiger partial charge < -0.3 is 26.0 Å². The largest absolute Gasteiger partial charge is 0.444 e. The molecule has 0 saturated carbocycles. The van der Waals surface area contributed by atoms with Crippen LogP contribution in [0.25, 0.3) is 22.3 Å². The van der Waals surface area contributed by atoms with Gasteiger partial charge in [-0.2, -0.15) is 0 Å². The molecule has 2 aromatic carbocycles. The molecule has 2 aromatic heterocycles. The van der Waals surface area contributed by atoms with Crippen LogP contribution in [0.15, 0.2) is 61.2 Å². The van der Waals surface area contributed by atoms with E-state index in [-0.39, 0.29) is 56.5 Å². The number of aryl methyl sites for hydroxylation is 4. The number of nitrogens with zero attached hydrogens (tertiary/aromatic N) is 6. The number of likely N-dealkylation sites (tertiary alicyclic amines) is 2. The minimum absolute atomic E-state index is 0.0230. The number of ketones is 2. The van der Waals surface area contributed by atoms with Gasteiger partial charge in [0.1, 0.15) is 41.1 Å². The number of aromatic nitrogens is 4. The van der Waals surface area contributed by atoms with E-state index in [1.165, 1.54) is 4.90 Å². The third-order valence-electron chi connectivity index (χ3n) is 10.9. The van der Waals surface area contributed by atoms with Crippen LogP contribution in [0.4, 0.5) is 14.0 Å². The number of ether oxygens (including phenoxy) is 2. The number of hydrogen-bond donors (Lipinski definition) is 3. The summed E-state index contributed by atoms with van der Waals surface area (Å²) in [7, 11) is 0. The molecule has 2 saturated heterocycles. The van der Waals surface area contributed by atoms with E-state index in [0.717, 1.165) is 27.2 Å². The SMILES string of the molecule is Cc1ncc(-c2ccc(C(N)=O)c(CCC(=O)[C@@H]3[C@@H](F)CCN3C(=O)OC(C)(C)C)c2)cn1.Cc1ncc(-c2ccc(C(N)=O)c(CCC(=O)[C@@H]3[C@H](O)CCN3C(=O)OC(C)(C)C)c2)cn1. The minimum Gasteiger partial charge on any atom is -0.444 e. The molecule has 4 aromatic rings. The predicted molar refractivity (Wildman–Crippen MR) is 242 cm³/mol. The van der Waals surface area contributed by atoms with Crippen molar-refractivity contribution in [1.82, 2.24) is 29.7 Å². The fourth-order valence-electron chi connectivity index (χ4n) is 7.68. The van der Waals surface area contributed by atoms with E-state index < -0.39 is 65.3 Å². The van der Waals surface area contributed by atoms with Gasteiger partial charge in [-0.1, -0.05) is 24.3 Å². The summed E-state index contributed by atoms with van der Waals surface area (Å²) < 4.78 is 25.3. The average molecular weight is 911 g/mol. The first-order valence-corrected chi connectivity index (χ1v) is 21.7. The van der Waals surface area contributed by atoms with Crippen molar-refractivity contribution in [2.24, 2.45) is 11.5 Å². The summed E-state index contributed by atoms with van der Waals surface area (Å²) in [6.45, 7) is 14.3. The van der Waals surface area contributed by atoms with E-state index in [0.29, 0.717) is 34.8 Å². The number of primary amides is 2. The monoisotopic (exact) mass is 910 g/mol. The molecular weight excluding hydrogens is 852 g/mol. The minimum atomic E-state index is -1.46. The third-order valence-corrected chi connectivity index (χ3v) is 10.9. The van der Waals surface area contributed by atoms with Gasteiger partial charge in [0.15, 0.2) is 11.6 Å². The molecule has 5 N–H and O–H groups in total. The number of nitrogens with two attached hydrogens (primary N) is 2. The third kappa shape index (κ3) is 13.2. The van der Waals surface area contributed by atoms with Gasteiger partial charge in [0.2, 0.25) is 11.8 Å². The molecular formula is C48H59FN8O9. The highest BCUT2D eigenvalue weighted by Crippen LogP contribution is 2.29. The van der Waals surface area contributed by atoms with Gasteiger partial charge in [0, 0.05) is 73.0 Å². The molecule has 2 aliphatic rings. The topological polar surface area (TPSA) is 251 Å². The van der Waals surface area contributed by atoms with Crippen molar-refractivity contribution in [3.8, 4) is 22.3 Å². The highest BCUT2D eigenvalue weighted by molar-refractivity contribution is 5.96. The second-order valence-corrected chi connectivity index (χ2v) is 18.3. The highest BCUT2D eigenvalue weighted by Gasteiger charge is 2.44. The molecule has 0 unspecified atom stereocenters. The van der Waals surface area contributed by atoms with Crippen LogP contribution in [0.2, 0.25) is 0 Å². The zero-order valence-corrected chi connectivity index (χ0v) is 38.7. The van der Waals surface area contributed by atoms with Gasteiger partial charge in [-0.05, 0) is 115 Å². The summed E-state index contributed by atoms with van der Waals surface area (Å²) in [5.41, 5.74) is 14.4. The predicted octanol–water partition coefficient (Wildman–Crippen LogP) is 5.82. The van der Waals surface area contributed by atoms with E-state index in [1.807, 2.05) is 0 Å². The maximum absolute atomic E-state index is 14.6. The number of rotatable bonds is 12. The quantitative estimate of drug-likeness (QED) is 0.152. The molecule has 0 bridgehead atoms. The van der Waals surface area contributed by atoms with Crippen molar-refractivity contribution < 1.29 is 47.7 Å². The van der Waals surface area contributed by atoms with E-state index >= 15 is 0 Å². The van der Waals surface area contributed by atoms with E-state index in [1.54, 1.807) is 117 Å². The number of aliphatic hydroxyl groups is 1. The summed E-state index contributed by atoms with van der Waals surface area (Å²) in [5.74, 6) is -0.673. The van der Waals surface area contributed by atoms with E-state index in [9.17, 15) is 38.3 Å². The molecule has 0 aliphatic carbocycles. The van der Waals surface area contributed by atoms with Gasteiger partial charge >= 0.3 is 12.2 Å². The van der Waals surface area contributed by atoms with Crippen LogP contribution in [-0.2, 0) is 31.9 Å². The number of hydrogen-bond acceptors (Lipinski definition) is 13. The zero-order valence-electron chi connectivity index (χ0n) is 38.7. The maximum Gasteiger partial charge on any atom is 0.411 e. The molecule has 0 radical (unpaired) electrons. The maximum atomic E-state index is 14.6. The molecule has 2 fully saturated rings. The van der Waals surface area contributed by atoms with Crippen LogP contribution in [0.1, 0.15) is 111 Å². The standard InChI is InChI=1S/C24H29FN4O4.C24H30N4O5/c1-14-27-12-17(13-28-14)15-5-7-18(22(26)31)16(11-15)6-8-20(30)21-19(25)9-10-29(21)23(32)33-24(2,3)4;1-14-26-12-17(13-27-14)15-5-7-18(22(25)31)16(11-15)6-8-19(29)21-20(30)9-10-28(21)23(32)33-24(2,3)4/h5,7,11-13,19,21H,6,8-10H2,1-4H3,(H2,26,31);5,7,11-13,20-21,30H,6,8-10H2,1-4H3,(H2,25,31)/t19-,21-;20-,21-/m01/s1. The molecule has 352 valence electrons. The van der Waals surface area contributed by atoms with Gasteiger partial charge in [-0.25, -0.2) is 33.9 Å². The Bertz CT molecular complexity index is 2270. The molecule has 2 aliphatic heterocycles. The number of carbonyl (C=O) groups excluding carboxylic acids is 6. The Morgan fingerprint density at radius 3 is 1.41 bits per heavy atom. The normalized spacial score (nSPS) is 18.3. The van der Waals surface area contributed by atoms with Crippen molar-refractivity contribution in [2.45, 2.75) is 129 Å². The lowest BCUT2D eigenvalue weighted by atomic mass is 9.94. The molecule has 4 atom stereocenters. The number of benzene rings is 2. The van der Waals surface area contributed by atoms with Crippen molar-refractivity contribution in [2.75, 3.05) is 13.1 Å². The molecule has 6 rings (SSSR count). The van der Waals surface area contributed by atoms with Crippen LogP contribution in [0.5, 0.6) is 0 Å². The van der Waals surface area contributed by atoms with Crippen LogP contribution in [0, 0.1) is 13.8 Å². The lowest BCUT2D eigenvalue weighted by molar-refractivity contribution is -0.126. The first-order valence-electron chi connectivity index (χ1n) is 21.7. The Hall–Kier alpha value is -6.69. The summed E-state index contributed by atoms with van der Waals surface area (Å²) >= 11 is 0. The average Bonchev–Trinajstić information content (AvgIpc) is 3.83. The second kappa shape index (κ2) is 21.1. The molecule has 0 spiro atoms. The number of alkyl halides is 1. The molecule has 4 amide bonds. The molecule has 4 heterocycles. The highest BCUT2D eigenvalue weighted by atomic mass is 19.1. The molecule has 66 heavy (non-hydrogen) atoms. The number of aliphatic hydroxyl groups excluding tert-OH is 1. The number of carbonyl (C=O) groups is 6. The van der Waals surface area contributed by atoms with Gasteiger partial charge in [0.25, 0.3) is 0 Å². The summed E-state index contributed by atoms with van der Waals surface area (Å²) in [6, 6.07) is 8.07. The van der Waals surface area contributed by atoms with Crippen molar-refractivity contribution in [1.29, 1.82) is 0 Å². The first kappa shape index (κ1) is 50.3. The fourth-order valence-corrected chi connectivity index (χ4v) is 7.68. The van der Waals surface area contributed by atoms with Crippen LogP contribution < -0.4 is 11.5 Å². The second-order valence-electron chi connectivity index (χ2n) is 18.3. The van der Waals surface area contributed by atoms with Gasteiger partial charge in [-0.3, -0.25) is 29.0 Å². The van der Waals surface area contributed by atoms with E-state index in [4.69, 9.17) is 20.9 Å². The smallest absolute Gasteiger partial charge is 0.411 e. The Morgan fingerprint density at radius 2 is 1.02 bits per heavy atom. The van der Waals surface area contributed by atoms with Crippen molar-refractivity contribution in [3.05, 3.63) is 95.1 Å². The number of Topliss-reactive ketones (excluding diaryl/α,β-unsaturated/α-hetero) is 2. The first-order chi connectivity index (χ1) is 30.9. The Morgan fingerprint density at radius 1 is 0.636 bits per heavy atom. The molecule has 18 heteroatoms. The van der Waals surface area contributed by atoms with Gasteiger partial charge in [-0.15, -0.1) is 0 Å². The van der Waals surface area contributed by atoms with E-state index in [2.05, 4.69) is 19.9 Å². The lowest BCUT2D eigenvalue weighted by Gasteiger charge is -2.28. The van der Waals surface area contributed by atoms with Crippen LogP contribution >= 0.6 is 0 Å². The Balaban J connectivity index is 0.000000247. The molecule has 17 nitrogen and oxygen atoms in total. The Labute approximate surface area is 383 Å². The number of amides is 4. The zero-order chi connectivity index (χ0) is 48.7. The van der Waals surface area contributed by atoms with Gasteiger partial charge in [0.05, 0.1) is 6.10 Å². The Kier molecular flexibility index (Phi) is 16.1.